The number of urea groups is 1. The van der Waals surface area contributed by atoms with Gasteiger partial charge >= 0.3 is 12.0 Å². The molecule has 0 radical (unpaired) electrons. The van der Waals surface area contributed by atoms with Gasteiger partial charge in [-0.05, 0) is 56.2 Å². The number of likely N-dealkylation sites (N-methyl/N-ethyl adjacent to an activating group) is 1. The number of benzene rings is 2. The van der Waals surface area contributed by atoms with Gasteiger partial charge in [0.05, 0.1) is 18.2 Å². The Labute approximate surface area is 227 Å². The number of hydrogen-bond donors (Lipinski definition) is 1. The van der Waals surface area contributed by atoms with E-state index in [4.69, 9.17) is 16.3 Å². The Balaban J connectivity index is 1.61. The highest BCUT2D eigenvalue weighted by molar-refractivity contribution is 6.30. The number of carbonyl (C=O) groups is 3. The van der Waals surface area contributed by atoms with Crippen LogP contribution in [0.2, 0.25) is 5.02 Å². The van der Waals surface area contributed by atoms with E-state index >= 15 is 0 Å². The monoisotopic (exact) mass is 542 g/mol. The zero-order chi connectivity index (χ0) is 27.2. The maximum atomic E-state index is 13.7. The first kappa shape index (κ1) is 27.6. The molecule has 4 rings (SSSR count). The molecule has 2 aromatic carbocycles. The number of nitrogens with one attached hydrogen (secondary N) is 1. The van der Waals surface area contributed by atoms with Gasteiger partial charge in [0.15, 0.2) is 0 Å². The van der Waals surface area contributed by atoms with E-state index in [9.17, 15) is 18.8 Å². The molecule has 1 saturated heterocycles. The summed E-state index contributed by atoms with van der Waals surface area (Å²) >= 11 is 6.07. The van der Waals surface area contributed by atoms with Gasteiger partial charge in [0, 0.05) is 55.6 Å². The van der Waals surface area contributed by atoms with E-state index in [0.29, 0.717) is 67.5 Å². The highest BCUT2D eigenvalue weighted by Gasteiger charge is 2.38. The average molecular weight is 543 g/mol. The Kier molecular flexibility index (Phi) is 9.01. The van der Waals surface area contributed by atoms with Crippen LogP contribution in [0.5, 0.6) is 0 Å². The minimum Gasteiger partial charge on any atom is -0.463 e. The quantitative estimate of drug-likeness (QED) is 0.530. The van der Waals surface area contributed by atoms with Crippen molar-refractivity contribution in [2.45, 2.75) is 26.3 Å². The lowest BCUT2D eigenvalue weighted by Gasteiger charge is -2.38. The highest BCUT2D eigenvalue weighted by atomic mass is 35.5. The topological polar surface area (TPSA) is 82.2 Å². The molecule has 0 spiro atoms. The number of hydrogen-bond acceptors (Lipinski definition) is 5. The van der Waals surface area contributed by atoms with E-state index in [1.165, 1.54) is 18.2 Å². The lowest BCUT2D eigenvalue weighted by Crippen LogP contribution is -2.51. The van der Waals surface area contributed by atoms with E-state index < -0.39 is 17.8 Å². The third-order valence-corrected chi connectivity index (χ3v) is 7.03. The van der Waals surface area contributed by atoms with Crippen LogP contribution in [0.4, 0.5) is 9.18 Å². The molecule has 3 amide bonds. The van der Waals surface area contributed by atoms with Gasteiger partial charge in [-0.15, -0.1) is 0 Å². The smallest absolute Gasteiger partial charge is 0.338 e. The normalized spacial score (nSPS) is 18.7. The molecular formula is C28H32ClFN4O4. The van der Waals surface area contributed by atoms with Gasteiger partial charge in [0.2, 0.25) is 0 Å². The number of halogens is 2. The van der Waals surface area contributed by atoms with Gasteiger partial charge in [0.25, 0.3) is 5.91 Å². The molecule has 1 unspecified atom stereocenters. The van der Waals surface area contributed by atoms with Crippen LogP contribution >= 0.6 is 11.6 Å². The van der Waals surface area contributed by atoms with Crippen LogP contribution in [0.25, 0.3) is 0 Å². The van der Waals surface area contributed by atoms with E-state index in [2.05, 4.69) is 10.2 Å². The molecule has 0 aromatic heterocycles. The van der Waals surface area contributed by atoms with Crippen molar-refractivity contribution in [2.24, 2.45) is 0 Å². The van der Waals surface area contributed by atoms with E-state index in [1.807, 2.05) is 6.92 Å². The number of nitrogens with zero attached hydrogens (tertiary/aromatic N) is 3. The molecule has 1 atom stereocenters. The van der Waals surface area contributed by atoms with Crippen LogP contribution in [0.15, 0.2) is 59.8 Å². The van der Waals surface area contributed by atoms with Gasteiger partial charge in [-0.3, -0.25) is 14.6 Å². The van der Waals surface area contributed by atoms with Crippen molar-refractivity contribution < 1.29 is 23.5 Å². The summed E-state index contributed by atoms with van der Waals surface area (Å²) in [5.74, 6) is -1.15. The molecule has 8 nitrogen and oxygen atoms in total. The first-order chi connectivity index (χ1) is 18.3. The molecule has 0 aliphatic carbocycles. The Morgan fingerprint density at radius 2 is 1.84 bits per heavy atom. The van der Waals surface area contributed by atoms with Gasteiger partial charge in [0.1, 0.15) is 5.82 Å². The van der Waals surface area contributed by atoms with Crippen molar-refractivity contribution in [3.8, 4) is 0 Å². The van der Waals surface area contributed by atoms with Crippen LogP contribution in [0.1, 0.15) is 42.2 Å². The summed E-state index contributed by atoms with van der Waals surface area (Å²) in [5, 5.41) is 3.50. The highest BCUT2D eigenvalue weighted by Crippen LogP contribution is 2.32. The first-order valence-electron chi connectivity index (χ1n) is 12.8. The maximum absolute atomic E-state index is 13.7. The number of carbonyl (C=O) groups excluding carboxylic acids is 3. The second-order valence-electron chi connectivity index (χ2n) is 9.19. The molecule has 2 aromatic rings. The average Bonchev–Trinajstić information content (AvgIpc) is 3.14. The van der Waals surface area contributed by atoms with E-state index in [1.54, 1.807) is 47.1 Å². The van der Waals surface area contributed by atoms with Crippen molar-refractivity contribution in [3.63, 3.8) is 0 Å². The molecule has 1 N–H and O–H groups in total. The molecule has 202 valence electrons. The Bertz CT molecular complexity index is 1220. The van der Waals surface area contributed by atoms with Gasteiger partial charge in [-0.1, -0.05) is 29.8 Å². The molecule has 0 bridgehead atoms. The van der Waals surface area contributed by atoms with Gasteiger partial charge in [-0.2, -0.15) is 0 Å². The summed E-state index contributed by atoms with van der Waals surface area (Å²) in [6.45, 7) is 6.67. The van der Waals surface area contributed by atoms with Crippen molar-refractivity contribution >= 4 is 29.5 Å². The van der Waals surface area contributed by atoms with Crippen LogP contribution in [0, 0.1) is 5.82 Å². The molecule has 10 heteroatoms. The minimum absolute atomic E-state index is 0.198. The van der Waals surface area contributed by atoms with Crippen molar-refractivity contribution in [2.75, 3.05) is 45.9 Å². The summed E-state index contributed by atoms with van der Waals surface area (Å²) in [5.41, 5.74) is 2.01. The minimum atomic E-state index is -0.686. The summed E-state index contributed by atoms with van der Waals surface area (Å²) in [6, 6.07) is 11.7. The summed E-state index contributed by atoms with van der Waals surface area (Å²) in [6.07, 6.45) is 0.696. The summed E-state index contributed by atoms with van der Waals surface area (Å²) in [4.78, 5) is 44.8. The Morgan fingerprint density at radius 3 is 2.53 bits per heavy atom. The summed E-state index contributed by atoms with van der Waals surface area (Å²) < 4.78 is 19.1. The Hall–Kier alpha value is -3.43. The van der Waals surface area contributed by atoms with Crippen LogP contribution in [-0.4, -0.2) is 78.5 Å². The number of esters is 1. The predicted octanol–water partition coefficient (Wildman–Crippen LogP) is 4.23. The molecule has 38 heavy (non-hydrogen) atoms. The zero-order valence-electron chi connectivity index (χ0n) is 21.6. The predicted molar refractivity (Wildman–Crippen MR) is 142 cm³/mol. The lowest BCUT2D eigenvalue weighted by atomic mass is 9.94. The standard InChI is InChI=1S/C28H32ClFN4O4/c1-3-34-23(18-32-13-6-14-33(16-15-32)26(35)20-7-5-8-22(30)17-20)24(27(36)38-4-2)25(31-28(34)37)19-9-11-21(29)12-10-19/h5,7-12,17,25H,3-4,6,13-16,18H2,1-2H3,(H,31,37). The SMILES string of the molecule is CCOC(=O)C1=C(CN2CCCN(C(=O)c3cccc(F)c3)CC2)N(CC)C(=O)NC1c1ccc(Cl)cc1. The van der Waals surface area contributed by atoms with Crippen molar-refractivity contribution in [1.82, 2.24) is 20.0 Å². The third kappa shape index (κ3) is 6.16. The molecule has 1 fully saturated rings. The number of amides is 3. The van der Waals surface area contributed by atoms with Crippen molar-refractivity contribution in [1.29, 1.82) is 0 Å². The number of ether oxygens (including phenoxy) is 1. The van der Waals surface area contributed by atoms with Gasteiger partial charge in [-0.25, -0.2) is 14.0 Å². The zero-order valence-corrected chi connectivity index (χ0v) is 22.3. The van der Waals surface area contributed by atoms with Crippen molar-refractivity contribution in [3.05, 3.63) is 81.8 Å². The third-order valence-electron chi connectivity index (χ3n) is 6.77. The molecule has 2 aliphatic rings. The molecule has 2 heterocycles. The van der Waals surface area contributed by atoms with Crippen LogP contribution in [0.3, 0.4) is 0 Å². The fraction of sp³-hybridized carbons (Fsp3) is 0.393. The van der Waals surface area contributed by atoms with E-state index in [0.717, 1.165) is 5.56 Å². The lowest BCUT2D eigenvalue weighted by molar-refractivity contribution is -0.139. The second-order valence-corrected chi connectivity index (χ2v) is 9.63. The molecular weight excluding hydrogens is 511 g/mol. The molecule has 2 aliphatic heterocycles. The van der Waals surface area contributed by atoms with Crippen LogP contribution in [-0.2, 0) is 9.53 Å². The summed E-state index contributed by atoms with van der Waals surface area (Å²) in [7, 11) is 0. The molecule has 0 saturated carbocycles. The van der Waals surface area contributed by atoms with Gasteiger partial charge < -0.3 is 15.0 Å². The second kappa shape index (κ2) is 12.4. The van der Waals surface area contributed by atoms with E-state index in [-0.39, 0.29) is 18.5 Å². The first-order valence-corrected chi connectivity index (χ1v) is 13.2. The van der Waals surface area contributed by atoms with Crippen LogP contribution < -0.4 is 5.32 Å². The number of rotatable bonds is 7. The largest absolute Gasteiger partial charge is 0.463 e. The Morgan fingerprint density at radius 1 is 1.08 bits per heavy atom. The maximum Gasteiger partial charge on any atom is 0.338 e. The fourth-order valence-corrected chi connectivity index (χ4v) is 5.04. The fourth-order valence-electron chi connectivity index (χ4n) is 4.91.